The molecule has 0 saturated carbocycles. The molecule has 11 nitrogen and oxygen atoms in total. The molecule has 0 aromatic carbocycles. The van der Waals surface area contributed by atoms with Crippen LogP contribution in [-0.2, 0) is 20.7 Å². The summed E-state index contributed by atoms with van der Waals surface area (Å²) in [6, 6.07) is 0. The van der Waals surface area contributed by atoms with E-state index >= 15 is 0 Å². The third-order valence-corrected chi connectivity index (χ3v) is 4.02. The number of sulfonamides is 1. The molecule has 1 aromatic heterocycles. The average molecular weight is 405 g/mol. The number of aromatic hydroxyl groups is 2. The number of carbonyl (C=O) groups excluding carboxylic acids is 1. The maximum absolute atomic E-state index is 12.3. The van der Waals surface area contributed by atoms with Crippen molar-refractivity contribution in [2.75, 3.05) is 27.4 Å². The fourth-order valence-corrected chi connectivity index (χ4v) is 2.84. The molecule has 1 aromatic rings. The first kappa shape index (κ1) is 19.7. The summed E-state index contributed by atoms with van der Waals surface area (Å²) >= 11 is 5.75. The van der Waals surface area contributed by atoms with E-state index in [1.54, 1.807) is 0 Å². The highest BCUT2D eigenvalue weighted by atomic mass is 35.5. The van der Waals surface area contributed by atoms with Crippen LogP contribution in [0.5, 0.6) is 11.8 Å². The molecule has 2 heterocycles. The molecule has 0 unspecified atom stereocenters. The van der Waals surface area contributed by atoms with Gasteiger partial charge in [0.1, 0.15) is 5.69 Å². The van der Waals surface area contributed by atoms with Crippen molar-refractivity contribution in [2.24, 2.45) is 14.5 Å². The molecule has 26 heavy (non-hydrogen) atoms. The fraction of sp³-hybridized carbons (Fsp3) is 0.385. The van der Waals surface area contributed by atoms with E-state index in [1.165, 1.54) is 26.0 Å². The van der Waals surface area contributed by atoms with Crippen molar-refractivity contribution in [2.45, 2.75) is 5.88 Å². The van der Waals surface area contributed by atoms with Crippen LogP contribution in [0.15, 0.2) is 14.5 Å². The number of aliphatic imine (C=N–C) groups is 1. The Hall–Kier alpha value is -2.60. The first-order valence-electron chi connectivity index (χ1n) is 7.08. The van der Waals surface area contributed by atoms with Crippen molar-refractivity contribution >= 4 is 50.5 Å². The Morgan fingerprint density at radius 3 is 2.46 bits per heavy atom. The Morgan fingerprint density at radius 1 is 1.35 bits per heavy atom. The standard InChI is InChI=1S/C13H17ClN6O5S/c1-19(2)13(23)9-8(18-26(4,24)25)10(20(3)17-9)15-7-6(5-14)11(21)16-12(7)22/h16,21-22H,5H2,1-4H3. The molecule has 0 saturated heterocycles. The van der Waals surface area contributed by atoms with Gasteiger partial charge in [-0.05, 0) is 0 Å². The first-order chi connectivity index (χ1) is 12.0. The third-order valence-electron chi connectivity index (χ3n) is 3.24. The lowest BCUT2D eigenvalue weighted by Crippen LogP contribution is -2.36. The Balaban J connectivity index is 2.69. The minimum absolute atomic E-state index is 0.0937. The van der Waals surface area contributed by atoms with Crippen molar-refractivity contribution < 1.29 is 23.4 Å². The first-order valence-corrected chi connectivity index (χ1v) is 9.46. The SMILES string of the molecule is CN(C)C(=O)C1=NN(C)C(=Nc2c(O)[nH]c(O)c2CCl)C1=NS(C)(=O)=O. The van der Waals surface area contributed by atoms with Gasteiger partial charge in [-0.1, -0.05) is 0 Å². The maximum Gasteiger partial charge on any atom is 0.276 e. The molecular formula is C13H17ClN6O5S. The lowest BCUT2D eigenvalue weighted by atomic mass is 10.2. The monoisotopic (exact) mass is 404 g/mol. The number of halogens is 1. The maximum atomic E-state index is 12.3. The van der Waals surface area contributed by atoms with E-state index < -0.39 is 21.8 Å². The molecule has 13 heteroatoms. The zero-order valence-electron chi connectivity index (χ0n) is 14.3. The number of H-pyrrole nitrogens is 1. The molecule has 1 amide bonds. The van der Waals surface area contributed by atoms with Crippen molar-refractivity contribution in [3.63, 3.8) is 0 Å². The second-order valence-corrected chi connectivity index (χ2v) is 7.48. The predicted octanol–water partition coefficient (Wildman–Crippen LogP) is -0.0151. The molecule has 0 bridgehead atoms. The summed E-state index contributed by atoms with van der Waals surface area (Å²) in [5.41, 5.74) is -0.534. The lowest BCUT2D eigenvalue weighted by molar-refractivity contribution is -0.121. The van der Waals surface area contributed by atoms with Crippen molar-refractivity contribution in [3.8, 4) is 11.8 Å². The van der Waals surface area contributed by atoms with Crippen molar-refractivity contribution in [1.82, 2.24) is 14.9 Å². The number of amidine groups is 1. The van der Waals surface area contributed by atoms with Gasteiger partial charge in [-0.25, -0.2) is 18.4 Å². The van der Waals surface area contributed by atoms with Crippen LogP contribution >= 0.6 is 11.6 Å². The van der Waals surface area contributed by atoms with Gasteiger partial charge in [0.2, 0.25) is 5.88 Å². The van der Waals surface area contributed by atoms with E-state index in [-0.39, 0.29) is 40.3 Å². The number of rotatable bonds is 4. The Labute approximate surface area is 154 Å². The molecule has 0 fully saturated rings. The highest BCUT2D eigenvalue weighted by Crippen LogP contribution is 2.38. The summed E-state index contributed by atoms with van der Waals surface area (Å²) in [6.07, 6.45) is 0.859. The van der Waals surface area contributed by atoms with Crippen LogP contribution < -0.4 is 0 Å². The van der Waals surface area contributed by atoms with Gasteiger partial charge in [0.25, 0.3) is 15.9 Å². The highest BCUT2D eigenvalue weighted by Gasteiger charge is 2.35. The summed E-state index contributed by atoms with van der Waals surface area (Å²) in [4.78, 5) is 19.9. The number of amides is 1. The van der Waals surface area contributed by atoms with Crippen LogP contribution in [0.1, 0.15) is 5.56 Å². The van der Waals surface area contributed by atoms with E-state index in [0.29, 0.717) is 0 Å². The number of alkyl halides is 1. The lowest BCUT2D eigenvalue weighted by Gasteiger charge is -2.10. The van der Waals surface area contributed by atoms with Crippen molar-refractivity contribution in [1.29, 1.82) is 0 Å². The molecular weight excluding hydrogens is 388 g/mol. The molecule has 142 valence electrons. The number of carbonyl (C=O) groups is 1. The molecule has 3 N–H and O–H groups in total. The van der Waals surface area contributed by atoms with Gasteiger partial charge in [0.15, 0.2) is 23.1 Å². The van der Waals surface area contributed by atoms with Crippen molar-refractivity contribution in [3.05, 3.63) is 5.56 Å². The topological polar surface area (TPSA) is 151 Å². The van der Waals surface area contributed by atoms with Crippen LogP contribution in [0.2, 0.25) is 0 Å². The number of hydrazone groups is 1. The van der Waals surface area contributed by atoms with Crippen LogP contribution in [0.3, 0.4) is 0 Å². The normalized spacial score (nSPS) is 17.9. The minimum atomic E-state index is -3.89. The summed E-state index contributed by atoms with van der Waals surface area (Å²) in [5, 5.41) is 24.8. The van der Waals surface area contributed by atoms with Crippen LogP contribution in [0.25, 0.3) is 0 Å². The average Bonchev–Trinajstić information content (AvgIpc) is 2.95. The number of hydrogen-bond donors (Lipinski definition) is 3. The number of aromatic nitrogens is 1. The zero-order valence-corrected chi connectivity index (χ0v) is 15.9. The molecule has 0 spiro atoms. The molecule has 2 rings (SSSR count). The molecule has 0 atom stereocenters. The molecule has 1 aliphatic heterocycles. The summed E-state index contributed by atoms with van der Waals surface area (Å²) in [6.45, 7) is 0. The van der Waals surface area contributed by atoms with Gasteiger partial charge in [-0.3, -0.25) is 9.78 Å². The van der Waals surface area contributed by atoms with Gasteiger partial charge in [-0.2, -0.15) is 9.50 Å². The number of aromatic amines is 1. The van der Waals surface area contributed by atoms with Gasteiger partial charge in [0.05, 0.1) is 17.7 Å². The minimum Gasteiger partial charge on any atom is -0.494 e. The van der Waals surface area contributed by atoms with E-state index in [4.69, 9.17) is 11.6 Å². The second-order valence-electron chi connectivity index (χ2n) is 5.56. The summed E-state index contributed by atoms with van der Waals surface area (Å²) in [7, 11) is 0.485. The van der Waals surface area contributed by atoms with Gasteiger partial charge < -0.3 is 15.1 Å². The van der Waals surface area contributed by atoms with Gasteiger partial charge in [0, 0.05) is 21.1 Å². The van der Waals surface area contributed by atoms with E-state index in [0.717, 1.165) is 11.3 Å². The largest absolute Gasteiger partial charge is 0.494 e. The fourth-order valence-electron chi connectivity index (χ4n) is 2.09. The second kappa shape index (κ2) is 6.96. The van der Waals surface area contributed by atoms with Crippen LogP contribution in [-0.4, -0.2) is 84.1 Å². The quantitative estimate of drug-likeness (QED) is 0.600. The van der Waals surface area contributed by atoms with Gasteiger partial charge in [-0.15, -0.1) is 11.6 Å². The Kier molecular flexibility index (Phi) is 5.28. The molecule has 0 radical (unpaired) electrons. The van der Waals surface area contributed by atoms with E-state index in [1.807, 2.05) is 0 Å². The van der Waals surface area contributed by atoms with Gasteiger partial charge >= 0.3 is 0 Å². The van der Waals surface area contributed by atoms with E-state index in [9.17, 15) is 23.4 Å². The number of nitrogens with one attached hydrogen (secondary N) is 1. The summed E-state index contributed by atoms with van der Waals surface area (Å²) in [5.74, 6) is -1.74. The summed E-state index contributed by atoms with van der Waals surface area (Å²) < 4.78 is 26.9. The number of nitrogens with zero attached hydrogens (tertiary/aromatic N) is 5. The molecule has 0 aliphatic carbocycles. The van der Waals surface area contributed by atoms with Crippen LogP contribution in [0, 0.1) is 0 Å². The smallest absolute Gasteiger partial charge is 0.276 e. The molecule has 1 aliphatic rings. The Bertz CT molecular complexity index is 946. The van der Waals surface area contributed by atoms with Crippen LogP contribution in [0.4, 0.5) is 5.69 Å². The zero-order chi connectivity index (χ0) is 19.8. The van der Waals surface area contributed by atoms with E-state index in [2.05, 4.69) is 19.5 Å². The number of hydrogen-bond acceptors (Lipinski definition) is 7. The Morgan fingerprint density at radius 2 is 1.96 bits per heavy atom. The third kappa shape index (κ3) is 3.80. The predicted molar refractivity (Wildman–Crippen MR) is 96.9 cm³/mol. The highest BCUT2D eigenvalue weighted by molar-refractivity contribution is 7.89.